The Morgan fingerprint density at radius 1 is 0.971 bits per heavy atom. The van der Waals surface area contributed by atoms with Gasteiger partial charge in [0.15, 0.2) is 0 Å². The van der Waals surface area contributed by atoms with Gasteiger partial charge in [-0.3, -0.25) is 14.2 Å². The van der Waals surface area contributed by atoms with Gasteiger partial charge >= 0.3 is 0 Å². The monoisotopic (exact) mass is 490 g/mol. The summed E-state index contributed by atoms with van der Waals surface area (Å²) in [5.41, 5.74) is 2.72. The first-order chi connectivity index (χ1) is 16.9. The van der Waals surface area contributed by atoms with Gasteiger partial charge in [0.05, 0.1) is 18.0 Å². The fourth-order valence-electron chi connectivity index (χ4n) is 3.45. The van der Waals surface area contributed by atoms with E-state index in [-0.39, 0.29) is 10.8 Å². The second-order valence-electron chi connectivity index (χ2n) is 7.79. The Morgan fingerprint density at radius 3 is 2.40 bits per heavy atom. The molecule has 35 heavy (non-hydrogen) atoms. The number of nitrogens with one attached hydrogen (secondary N) is 2. The van der Waals surface area contributed by atoms with Crippen LogP contribution in [0.15, 0.2) is 96.2 Å². The predicted octanol–water partition coefficient (Wildman–Crippen LogP) is 4.06. The minimum absolute atomic E-state index is 0.104. The van der Waals surface area contributed by atoms with E-state index in [9.17, 15) is 13.2 Å². The van der Waals surface area contributed by atoms with E-state index in [2.05, 4.69) is 15.1 Å². The first kappa shape index (κ1) is 24.0. The van der Waals surface area contributed by atoms with Crippen molar-refractivity contribution in [2.45, 2.75) is 24.9 Å². The molecule has 0 spiro atoms. The number of carbonyl (C=O) groups excluding carboxylic acids is 1. The number of sulfonamides is 1. The SMILES string of the molecule is CCOc1ccc(S(=O)(=O)Nc2cccc(C(=O)NCc3ccc(Cn4cccn4)cc3)c2)cc1. The summed E-state index contributed by atoms with van der Waals surface area (Å²) in [6, 6.07) is 22.3. The highest BCUT2D eigenvalue weighted by atomic mass is 32.2. The van der Waals surface area contributed by atoms with Gasteiger partial charge in [-0.15, -0.1) is 0 Å². The van der Waals surface area contributed by atoms with Gasteiger partial charge in [-0.2, -0.15) is 5.10 Å². The molecular weight excluding hydrogens is 464 g/mol. The van der Waals surface area contributed by atoms with Crippen molar-refractivity contribution < 1.29 is 17.9 Å². The first-order valence-electron chi connectivity index (χ1n) is 11.1. The summed E-state index contributed by atoms with van der Waals surface area (Å²) in [4.78, 5) is 12.8. The van der Waals surface area contributed by atoms with Crippen LogP contribution in [0.1, 0.15) is 28.4 Å². The second kappa shape index (κ2) is 10.9. The van der Waals surface area contributed by atoms with Crippen LogP contribution >= 0.6 is 0 Å². The molecule has 1 heterocycles. The Balaban J connectivity index is 1.36. The van der Waals surface area contributed by atoms with Crippen LogP contribution in [0.2, 0.25) is 0 Å². The molecular formula is C26H26N4O4S. The lowest BCUT2D eigenvalue weighted by atomic mass is 10.1. The molecule has 0 aliphatic rings. The number of amides is 1. The third-order valence-corrected chi connectivity index (χ3v) is 6.60. The van der Waals surface area contributed by atoms with Crippen molar-refractivity contribution in [3.63, 3.8) is 0 Å². The number of rotatable bonds is 10. The van der Waals surface area contributed by atoms with Crippen molar-refractivity contribution in [1.29, 1.82) is 0 Å². The van der Waals surface area contributed by atoms with Gasteiger partial charge in [-0.05, 0) is 66.6 Å². The standard InChI is InChI=1S/C26H26N4O4S/c1-2-34-24-11-13-25(14-12-24)35(32,33)29-23-6-3-5-22(17-23)26(31)27-18-20-7-9-21(10-8-20)19-30-16-4-15-28-30/h3-17,29H,2,18-19H2,1H3,(H,27,31). The van der Waals surface area contributed by atoms with Gasteiger partial charge in [-0.25, -0.2) is 8.42 Å². The van der Waals surface area contributed by atoms with E-state index >= 15 is 0 Å². The van der Waals surface area contributed by atoms with Gasteiger partial charge in [0.25, 0.3) is 15.9 Å². The van der Waals surface area contributed by atoms with Crippen LogP contribution in [0, 0.1) is 0 Å². The maximum Gasteiger partial charge on any atom is 0.261 e. The summed E-state index contributed by atoms with van der Waals surface area (Å²) in [5, 5.41) is 7.07. The predicted molar refractivity (Wildman–Crippen MR) is 134 cm³/mol. The van der Waals surface area contributed by atoms with Crippen molar-refractivity contribution >= 4 is 21.6 Å². The van der Waals surface area contributed by atoms with Gasteiger partial charge < -0.3 is 10.1 Å². The molecule has 0 saturated carbocycles. The van der Waals surface area contributed by atoms with E-state index in [0.29, 0.717) is 36.7 Å². The van der Waals surface area contributed by atoms with Gasteiger partial charge in [0, 0.05) is 30.2 Å². The lowest BCUT2D eigenvalue weighted by Crippen LogP contribution is -2.23. The normalized spacial score (nSPS) is 11.1. The molecule has 1 aromatic heterocycles. The minimum atomic E-state index is -3.81. The maximum absolute atomic E-state index is 12.7. The topological polar surface area (TPSA) is 102 Å². The number of benzene rings is 3. The number of hydrogen-bond acceptors (Lipinski definition) is 5. The molecule has 0 radical (unpaired) electrons. The first-order valence-corrected chi connectivity index (χ1v) is 12.6. The van der Waals surface area contributed by atoms with Gasteiger partial charge in [0.2, 0.25) is 0 Å². The van der Waals surface area contributed by atoms with Crippen LogP contribution in [-0.4, -0.2) is 30.7 Å². The zero-order chi connectivity index (χ0) is 24.7. The van der Waals surface area contributed by atoms with Crippen LogP contribution in [0.3, 0.4) is 0 Å². The zero-order valence-corrected chi connectivity index (χ0v) is 20.0. The third-order valence-electron chi connectivity index (χ3n) is 5.20. The van der Waals surface area contributed by atoms with Crippen molar-refractivity contribution in [2.24, 2.45) is 0 Å². The van der Waals surface area contributed by atoms with E-state index in [1.807, 2.05) is 48.1 Å². The van der Waals surface area contributed by atoms with Crippen molar-refractivity contribution in [1.82, 2.24) is 15.1 Å². The Morgan fingerprint density at radius 2 is 1.71 bits per heavy atom. The summed E-state index contributed by atoms with van der Waals surface area (Å²) >= 11 is 0. The lowest BCUT2D eigenvalue weighted by molar-refractivity contribution is 0.0951. The van der Waals surface area contributed by atoms with E-state index in [4.69, 9.17) is 4.74 Å². The van der Waals surface area contributed by atoms with Crippen LogP contribution in [0.5, 0.6) is 5.75 Å². The highest BCUT2D eigenvalue weighted by molar-refractivity contribution is 7.92. The van der Waals surface area contributed by atoms with Crippen LogP contribution in [0.25, 0.3) is 0 Å². The van der Waals surface area contributed by atoms with Crippen molar-refractivity contribution in [2.75, 3.05) is 11.3 Å². The van der Waals surface area contributed by atoms with E-state index in [1.165, 1.54) is 18.2 Å². The van der Waals surface area contributed by atoms with E-state index in [0.717, 1.165) is 11.1 Å². The molecule has 4 aromatic rings. The fourth-order valence-corrected chi connectivity index (χ4v) is 4.50. The molecule has 2 N–H and O–H groups in total. The highest BCUT2D eigenvalue weighted by Crippen LogP contribution is 2.20. The summed E-state index contributed by atoms with van der Waals surface area (Å²) in [7, 11) is -3.81. The van der Waals surface area contributed by atoms with Crippen molar-refractivity contribution in [3.05, 3.63) is 108 Å². The highest BCUT2D eigenvalue weighted by Gasteiger charge is 2.15. The molecule has 0 fully saturated rings. The molecule has 180 valence electrons. The second-order valence-corrected chi connectivity index (χ2v) is 9.48. The average Bonchev–Trinajstić information content (AvgIpc) is 3.37. The molecule has 3 aromatic carbocycles. The van der Waals surface area contributed by atoms with E-state index < -0.39 is 10.0 Å². The Hall–Kier alpha value is -4.11. The molecule has 4 rings (SSSR count). The molecule has 0 aliphatic carbocycles. The number of ether oxygens (including phenoxy) is 1. The minimum Gasteiger partial charge on any atom is -0.494 e. The molecule has 0 bridgehead atoms. The quantitative estimate of drug-likeness (QED) is 0.349. The lowest BCUT2D eigenvalue weighted by Gasteiger charge is -2.11. The Kier molecular flexibility index (Phi) is 7.47. The van der Waals surface area contributed by atoms with E-state index in [1.54, 1.807) is 36.5 Å². The summed E-state index contributed by atoms with van der Waals surface area (Å²) in [6.45, 7) is 3.38. The molecule has 0 unspecified atom stereocenters. The number of carbonyl (C=O) groups is 1. The van der Waals surface area contributed by atoms with Crippen LogP contribution < -0.4 is 14.8 Å². The average molecular weight is 491 g/mol. The maximum atomic E-state index is 12.7. The molecule has 1 amide bonds. The van der Waals surface area contributed by atoms with Crippen molar-refractivity contribution in [3.8, 4) is 5.75 Å². The molecule has 8 nitrogen and oxygen atoms in total. The largest absolute Gasteiger partial charge is 0.494 e. The molecule has 0 aliphatic heterocycles. The summed E-state index contributed by atoms with van der Waals surface area (Å²) < 4.78 is 35.2. The third kappa shape index (κ3) is 6.48. The number of hydrogen-bond donors (Lipinski definition) is 2. The van der Waals surface area contributed by atoms with Gasteiger partial charge in [-0.1, -0.05) is 30.3 Å². The van der Waals surface area contributed by atoms with Crippen LogP contribution in [-0.2, 0) is 23.1 Å². The molecule has 0 saturated heterocycles. The zero-order valence-electron chi connectivity index (χ0n) is 19.2. The number of anilines is 1. The van der Waals surface area contributed by atoms with Gasteiger partial charge in [0.1, 0.15) is 5.75 Å². The Labute approximate surface area is 204 Å². The molecule has 9 heteroatoms. The smallest absolute Gasteiger partial charge is 0.261 e. The Bertz CT molecular complexity index is 1370. The summed E-state index contributed by atoms with van der Waals surface area (Å²) in [6.07, 6.45) is 3.64. The number of nitrogens with zero attached hydrogens (tertiary/aromatic N) is 2. The summed E-state index contributed by atoms with van der Waals surface area (Å²) in [5.74, 6) is 0.297. The number of aromatic nitrogens is 2. The molecule has 0 atom stereocenters. The van der Waals surface area contributed by atoms with Crippen LogP contribution in [0.4, 0.5) is 5.69 Å². The fraction of sp³-hybridized carbons (Fsp3) is 0.154.